The standard InChI is InChI=1S/C8H6Cl2F2O2S/c9-8-5(3-4-15(10,13)14)6(11)1-2-7(8)12/h1-2H,3-4H2. The molecule has 1 aromatic rings. The lowest BCUT2D eigenvalue weighted by molar-refractivity contribution is 0.584. The van der Waals surface area contributed by atoms with Gasteiger partial charge in [0.2, 0.25) is 9.05 Å². The van der Waals surface area contributed by atoms with Gasteiger partial charge in [0, 0.05) is 16.2 Å². The Morgan fingerprint density at radius 2 is 1.73 bits per heavy atom. The van der Waals surface area contributed by atoms with Gasteiger partial charge in [-0.3, -0.25) is 0 Å². The first kappa shape index (κ1) is 12.7. The Labute approximate surface area is 95.2 Å². The smallest absolute Gasteiger partial charge is 0.212 e. The SMILES string of the molecule is O=S(=O)(Cl)CCc1c(F)ccc(F)c1Cl. The molecule has 0 aromatic heterocycles. The molecule has 15 heavy (non-hydrogen) atoms. The van der Waals surface area contributed by atoms with Gasteiger partial charge in [-0.05, 0) is 18.6 Å². The van der Waals surface area contributed by atoms with Gasteiger partial charge in [0.1, 0.15) is 11.6 Å². The second-order valence-corrected chi connectivity index (χ2v) is 6.09. The van der Waals surface area contributed by atoms with Crippen LogP contribution in [0, 0.1) is 11.6 Å². The Morgan fingerprint density at radius 1 is 1.20 bits per heavy atom. The molecule has 1 aromatic carbocycles. The average Bonchev–Trinajstić information content (AvgIpc) is 2.10. The highest BCUT2D eigenvalue weighted by atomic mass is 35.7. The summed E-state index contributed by atoms with van der Waals surface area (Å²) in [7, 11) is 1.20. The fraction of sp³-hybridized carbons (Fsp3) is 0.250. The maximum atomic E-state index is 13.1. The molecule has 0 atom stereocenters. The van der Waals surface area contributed by atoms with Crippen molar-refractivity contribution in [2.75, 3.05) is 5.75 Å². The Balaban J connectivity index is 2.99. The minimum Gasteiger partial charge on any atom is -0.212 e. The largest absolute Gasteiger partial charge is 0.232 e. The highest BCUT2D eigenvalue weighted by Crippen LogP contribution is 2.23. The van der Waals surface area contributed by atoms with Crippen molar-refractivity contribution in [3.8, 4) is 0 Å². The van der Waals surface area contributed by atoms with Gasteiger partial charge in [-0.15, -0.1) is 0 Å². The summed E-state index contributed by atoms with van der Waals surface area (Å²) in [6, 6.07) is 1.76. The summed E-state index contributed by atoms with van der Waals surface area (Å²) in [5.74, 6) is -2.03. The Kier molecular flexibility index (Phi) is 3.92. The van der Waals surface area contributed by atoms with E-state index in [-0.39, 0.29) is 12.0 Å². The van der Waals surface area contributed by atoms with Crippen LogP contribution in [0.1, 0.15) is 5.56 Å². The Bertz CT molecular complexity index is 474. The molecule has 0 aliphatic carbocycles. The molecule has 0 fully saturated rings. The molecule has 1 rings (SSSR count). The fourth-order valence-corrected chi connectivity index (χ4v) is 1.95. The van der Waals surface area contributed by atoms with E-state index in [1.165, 1.54) is 0 Å². The van der Waals surface area contributed by atoms with E-state index in [1.54, 1.807) is 0 Å². The summed E-state index contributed by atoms with van der Waals surface area (Å²) in [5, 5.41) is -0.407. The molecule has 0 heterocycles. The zero-order valence-corrected chi connectivity index (χ0v) is 9.63. The molecule has 0 unspecified atom stereocenters. The molecule has 7 heteroatoms. The predicted molar refractivity (Wildman–Crippen MR) is 54.7 cm³/mol. The molecule has 0 spiro atoms. The zero-order valence-electron chi connectivity index (χ0n) is 7.31. The normalized spacial score (nSPS) is 11.7. The van der Waals surface area contributed by atoms with Gasteiger partial charge in [-0.1, -0.05) is 11.6 Å². The van der Waals surface area contributed by atoms with Crippen LogP contribution in [0.3, 0.4) is 0 Å². The van der Waals surface area contributed by atoms with Gasteiger partial charge in [0.25, 0.3) is 0 Å². The third-order valence-corrected chi connectivity index (χ3v) is 3.30. The lowest BCUT2D eigenvalue weighted by Crippen LogP contribution is -2.04. The summed E-state index contributed by atoms with van der Waals surface area (Å²) in [5.41, 5.74) is -0.180. The second kappa shape index (κ2) is 4.63. The summed E-state index contributed by atoms with van der Waals surface area (Å²) in [6.45, 7) is 0. The summed E-state index contributed by atoms with van der Waals surface area (Å²) >= 11 is 5.47. The first-order valence-corrected chi connectivity index (χ1v) is 6.71. The molecular formula is C8H6Cl2F2O2S. The van der Waals surface area contributed by atoms with E-state index < -0.39 is 31.5 Å². The van der Waals surface area contributed by atoms with Crippen molar-refractivity contribution in [2.45, 2.75) is 6.42 Å². The van der Waals surface area contributed by atoms with Crippen molar-refractivity contribution in [2.24, 2.45) is 0 Å². The van der Waals surface area contributed by atoms with E-state index >= 15 is 0 Å². The molecule has 0 amide bonds. The molecular weight excluding hydrogens is 269 g/mol. The van der Waals surface area contributed by atoms with Crippen LogP contribution in [0.15, 0.2) is 12.1 Å². The van der Waals surface area contributed by atoms with Crippen LogP contribution in [0.25, 0.3) is 0 Å². The zero-order chi connectivity index (χ0) is 11.6. The molecule has 0 N–H and O–H groups in total. The first-order chi connectivity index (χ1) is 6.81. The molecule has 2 nitrogen and oxygen atoms in total. The van der Waals surface area contributed by atoms with E-state index in [0.717, 1.165) is 12.1 Å². The van der Waals surface area contributed by atoms with Crippen LogP contribution in [0.2, 0.25) is 5.02 Å². The maximum Gasteiger partial charge on any atom is 0.232 e. The summed E-state index contributed by atoms with van der Waals surface area (Å²) in [4.78, 5) is 0. The van der Waals surface area contributed by atoms with Crippen molar-refractivity contribution in [3.63, 3.8) is 0 Å². The molecule has 0 aliphatic rings. The van der Waals surface area contributed by atoms with Crippen LogP contribution < -0.4 is 0 Å². The van der Waals surface area contributed by atoms with Crippen molar-refractivity contribution in [3.05, 3.63) is 34.4 Å². The van der Waals surface area contributed by atoms with Crippen molar-refractivity contribution in [1.29, 1.82) is 0 Å². The number of hydrogen-bond acceptors (Lipinski definition) is 2. The highest BCUT2D eigenvalue weighted by Gasteiger charge is 2.14. The van der Waals surface area contributed by atoms with Crippen molar-refractivity contribution < 1.29 is 17.2 Å². The van der Waals surface area contributed by atoms with Crippen LogP contribution in [-0.2, 0) is 15.5 Å². The number of hydrogen-bond donors (Lipinski definition) is 0. The van der Waals surface area contributed by atoms with Gasteiger partial charge < -0.3 is 0 Å². The maximum absolute atomic E-state index is 13.1. The molecule has 0 saturated carbocycles. The van der Waals surface area contributed by atoms with Crippen LogP contribution in [0.4, 0.5) is 8.78 Å². The molecule has 0 bridgehead atoms. The Hall–Kier alpha value is -0.390. The quantitative estimate of drug-likeness (QED) is 0.628. The molecule has 84 valence electrons. The van der Waals surface area contributed by atoms with E-state index in [9.17, 15) is 17.2 Å². The molecule has 0 radical (unpaired) electrons. The monoisotopic (exact) mass is 274 g/mol. The minimum absolute atomic E-state index is 0.180. The van der Waals surface area contributed by atoms with Gasteiger partial charge in [-0.2, -0.15) is 0 Å². The van der Waals surface area contributed by atoms with Gasteiger partial charge in [0.15, 0.2) is 0 Å². The Morgan fingerprint density at radius 3 is 2.27 bits per heavy atom. The van der Waals surface area contributed by atoms with Crippen LogP contribution >= 0.6 is 22.3 Å². The first-order valence-electron chi connectivity index (χ1n) is 3.86. The van der Waals surface area contributed by atoms with Gasteiger partial charge >= 0.3 is 0 Å². The molecule has 0 aliphatic heterocycles. The van der Waals surface area contributed by atoms with E-state index in [0.29, 0.717) is 0 Å². The van der Waals surface area contributed by atoms with Crippen LogP contribution in [-0.4, -0.2) is 14.2 Å². The fourth-order valence-electron chi connectivity index (χ4n) is 1.02. The third kappa shape index (κ3) is 3.59. The van der Waals surface area contributed by atoms with Gasteiger partial charge in [-0.25, -0.2) is 17.2 Å². The van der Waals surface area contributed by atoms with E-state index in [2.05, 4.69) is 0 Å². The lowest BCUT2D eigenvalue weighted by Gasteiger charge is -2.05. The van der Waals surface area contributed by atoms with Crippen molar-refractivity contribution in [1.82, 2.24) is 0 Å². The topological polar surface area (TPSA) is 34.1 Å². The number of benzene rings is 1. The van der Waals surface area contributed by atoms with Crippen LogP contribution in [0.5, 0.6) is 0 Å². The predicted octanol–water partition coefficient (Wildman–Crippen LogP) is 2.73. The summed E-state index contributed by atoms with van der Waals surface area (Å²) < 4.78 is 47.3. The lowest BCUT2D eigenvalue weighted by atomic mass is 10.1. The summed E-state index contributed by atoms with van der Waals surface area (Å²) in [6.07, 6.45) is -0.256. The highest BCUT2D eigenvalue weighted by molar-refractivity contribution is 8.13. The number of halogens is 4. The van der Waals surface area contributed by atoms with E-state index in [1.807, 2.05) is 0 Å². The van der Waals surface area contributed by atoms with Gasteiger partial charge in [0.05, 0.1) is 10.8 Å². The minimum atomic E-state index is -3.74. The van der Waals surface area contributed by atoms with Crippen molar-refractivity contribution >= 4 is 31.3 Å². The molecule has 0 saturated heterocycles. The second-order valence-electron chi connectivity index (χ2n) is 2.81. The third-order valence-electron chi connectivity index (χ3n) is 1.73. The average molecular weight is 275 g/mol. The van der Waals surface area contributed by atoms with E-state index in [4.69, 9.17) is 22.3 Å². The number of rotatable bonds is 3.